The first-order valence-corrected chi connectivity index (χ1v) is 10.5. The van der Waals surface area contributed by atoms with Gasteiger partial charge in [0.2, 0.25) is 5.91 Å². The number of likely N-dealkylation sites (N-methyl/N-ethyl adjacent to an activating group) is 1. The third kappa shape index (κ3) is 3.77. The topological polar surface area (TPSA) is 36.4 Å². The van der Waals surface area contributed by atoms with Crippen LogP contribution in [0.1, 0.15) is 11.6 Å². The van der Waals surface area contributed by atoms with Gasteiger partial charge in [-0.05, 0) is 24.7 Å². The minimum absolute atomic E-state index is 0.124. The molecule has 1 amide bonds. The molecule has 1 saturated heterocycles. The number of nitrogens with zero attached hydrogens (tertiary/aromatic N) is 3. The minimum atomic E-state index is 0.124. The van der Waals surface area contributed by atoms with Crippen molar-refractivity contribution in [3.05, 3.63) is 60.2 Å². The molecule has 1 aliphatic rings. The number of thioether (sulfide) groups is 1. The first-order valence-electron chi connectivity index (χ1n) is 8.72. The summed E-state index contributed by atoms with van der Waals surface area (Å²) in [4.78, 5) is 21.9. The van der Waals surface area contributed by atoms with E-state index < -0.39 is 0 Å². The normalized spacial score (nSPS) is 18.3. The Morgan fingerprint density at radius 1 is 1.15 bits per heavy atom. The average Bonchev–Trinajstić information content (AvgIpc) is 3.10. The van der Waals surface area contributed by atoms with Gasteiger partial charge in [-0.1, -0.05) is 54.2 Å². The summed E-state index contributed by atoms with van der Waals surface area (Å²) in [6.07, 6.45) is 0. The van der Waals surface area contributed by atoms with Crippen molar-refractivity contribution in [2.24, 2.45) is 0 Å². The van der Waals surface area contributed by atoms with E-state index in [1.54, 1.807) is 23.1 Å². The highest BCUT2D eigenvalue weighted by Gasteiger charge is 2.30. The Morgan fingerprint density at radius 2 is 1.92 bits per heavy atom. The van der Waals surface area contributed by atoms with Crippen molar-refractivity contribution in [2.45, 2.75) is 10.4 Å². The van der Waals surface area contributed by atoms with Crippen LogP contribution in [0, 0.1) is 0 Å². The molecule has 2 aromatic carbocycles. The molecule has 0 spiro atoms. The fourth-order valence-corrected chi connectivity index (χ4v) is 5.25. The van der Waals surface area contributed by atoms with Crippen molar-refractivity contribution >= 4 is 39.2 Å². The van der Waals surface area contributed by atoms with Crippen LogP contribution >= 0.6 is 23.1 Å². The van der Waals surface area contributed by atoms with Gasteiger partial charge in [0, 0.05) is 19.6 Å². The maximum absolute atomic E-state index is 12.9. The average molecular weight is 384 g/mol. The second kappa shape index (κ2) is 7.78. The van der Waals surface area contributed by atoms with Crippen LogP contribution < -0.4 is 0 Å². The van der Waals surface area contributed by atoms with Gasteiger partial charge in [0.25, 0.3) is 0 Å². The zero-order valence-electron chi connectivity index (χ0n) is 14.7. The predicted molar refractivity (Wildman–Crippen MR) is 109 cm³/mol. The van der Waals surface area contributed by atoms with Crippen molar-refractivity contribution in [3.8, 4) is 0 Å². The maximum Gasteiger partial charge on any atom is 0.233 e. The van der Waals surface area contributed by atoms with Gasteiger partial charge in [-0.2, -0.15) is 0 Å². The van der Waals surface area contributed by atoms with E-state index in [1.165, 1.54) is 10.3 Å². The Balaban J connectivity index is 1.46. The molecule has 6 heteroatoms. The quantitative estimate of drug-likeness (QED) is 0.640. The third-order valence-corrected chi connectivity index (χ3v) is 6.85. The van der Waals surface area contributed by atoms with Crippen molar-refractivity contribution in [2.75, 3.05) is 32.4 Å². The summed E-state index contributed by atoms with van der Waals surface area (Å²) in [6.45, 7) is 2.57. The number of hydrogen-bond donors (Lipinski definition) is 0. The molecule has 1 aliphatic heterocycles. The molecule has 1 atom stereocenters. The van der Waals surface area contributed by atoms with Crippen molar-refractivity contribution in [1.82, 2.24) is 14.8 Å². The summed E-state index contributed by atoms with van der Waals surface area (Å²) in [5.74, 6) is 0.628. The third-order valence-electron chi connectivity index (χ3n) is 4.68. The van der Waals surface area contributed by atoms with Crippen LogP contribution in [0.25, 0.3) is 10.2 Å². The second-order valence-electron chi connectivity index (χ2n) is 6.51. The molecule has 4 rings (SSSR count). The zero-order chi connectivity index (χ0) is 17.9. The van der Waals surface area contributed by atoms with E-state index in [1.807, 2.05) is 41.3 Å². The standard InChI is InChI=1S/C20H21N3OS2/c1-22-11-12-23(17(13-22)15-7-3-2-4-8-15)19(24)14-25-20-21-16-9-5-6-10-18(16)26-20/h2-10,17H,11-14H2,1H3/t17-/m0/s1. The van der Waals surface area contributed by atoms with E-state index in [9.17, 15) is 4.79 Å². The highest BCUT2D eigenvalue weighted by atomic mass is 32.2. The van der Waals surface area contributed by atoms with Crippen LogP contribution in [-0.4, -0.2) is 53.1 Å². The smallest absolute Gasteiger partial charge is 0.233 e. The first kappa shape index (κ1) is 17.5. The SMILES string of the molecule is CN1CCN(C(=O)CSc2nc3ccccc3s2)[C@H](c2ccccc2)C1. The summed E-state index contributed by atoms with van der Waals surface area (Å²) >= 11 is 3.20. The summed E-state index contributed by atoms with van der Waals surface area (Å²) < 4.78 is 2.13. The molecule has 4 nitrogen and oxygen atoms in total. The first-order chi connectivity index (χ1) is 12.7. The van der Waals surface area contributed by atoms with Crippen LogP contribution in [0.2, 0.25) is 0 Å². The van der Waals surface area contributed by atoms with E-state index in [2.05, 4.69) is 35.1 Å². The van der Waals surface area contributed by atoms with Crippen LogP contribution in [0.3, 0.4) is 0 Å². The number of thiazole rings is 1. The highest BCUT2D eigenvalue weighted by molar-refractivity contribution is 8.01. The number of carbonyl (C=O) groups is 1. The Hall–Kier alpha value is -1.89. The number of piperazine rings is 1. The molecule has 0 radical (unpaired) electrons. The molecule has 0 aliphatic carbocycles. The summed E-state index contributed by atoms with van der Waals surface area (Å²) in [5, 5.41) is 0. The van der Waals surface area contributed by atoms with Gasteiger partial charge in [0.05, 0.1) is 22.0 Å². The number of hydrogen-bond acceptors (Lipinski definition) is 5. The fourth-order valence-electron chi connectivity index (χ4n) is 3.30. The lowest BCUT2D eigenvalue weighted by atomic mass is 10.0. The second-order valence-corrected chi connectivity index (χ2v) is 8.77. The zero-order valence-corrected chi connectivity index (χ0v) is 16.3. The van der Waals surface area contributed by atoms with Crippen molar-refractivity contribution < 1.29 is 4.79 Å². The van der Waals surface area contributed by atoms with E-state index in [0.717, 1.165) is 29.5 Å². The molecule has 26 heavy (non-hydrogen) atoms. The van der Waals surface area contributed by atoms with Gasteiger partial charge in [0.1, 0.15) is 0 Å². The summed E-state index contributed by atoms with van der Waals surface area (Å²) in [5.41, 5.74) is 2.21. The number of aromatic nitrogens is 1. The Bertz CT molecular complexity index is 863. The van der Waals surface area contributed by atoms with Crippen LogP contribution in [0.5, 0.6) is 0 Å². The fraction of sp³-hybridized carbons (Fsp3) is 0.300. The Labute approximate surface area is 161 Å². The molecule has 3 aromatic rings. The number of fused-ring (bicyclic) bond motifs is 1. The van der Waals surface area contributed by atoms with Crippen LogP contribution in [0.4, 0.5) is 0 Å². The summed E-state index contributed by atoms with van der Waals surface area (Å²) in [7, 11) is 2.12. The van der Waals surface area contributed by atoms with Gasteiger partial charge in [-0.15, -0.1) is 11.3 Å². The molecule has 2 heterocycles. The van der Waals surface area contributed by atoms with Crippen LogP contribution in [-0.2, 0) is 4.79 Å². The molecule has 1 fully saturated rings. The molecular weight excluding hydrogens is 362 g/mol. The molecular formula is C20H21N3OS2. The monoisotopic (exact) mass is 383 g/mol. The number of rotatable bonds is 4. The van der Waals surface area contributed by atoms with Gasteiger partial charge in [0.15, 0.2) is 4.34 Å². The molecule has 0 N–H and O–H groups in total. The van der Waals surface area contributed by atoms with Gasteiger partial charge >= 0.3 is 0 Å². The van der Waals surface area contributed by atoms with Crippen molar-refractivity contribution in [3.63, 3.8) is 0 Å². The van der Waals surface area contributed by atoms with Crippen LogP contribution in [0.15, 0.2) is 58.9 Å². The number of benzene rings is 2. The number of amides is 1. The summed E-state index contributed by atoms with van der Waals surface area (Å²) in [6, 6.07) is 18.6. The molecule has 1 aromatic heterocycles. The minimum Gasteiger partial charge on any atom is -0.332 e. The van der Waals surface area contributed by atoms with Gasteiger partial charge in [-0.3, -0.25) is 4.79 Å². The van der Waals surface area contributed by atoms with Gasteiger partial charge in [-0.25, -0.2) is 4.98 Å². The number of carbonyl (C=O) groups excluding carboxylic acids is 1. The lowest BCUT2D eigenvalue weighted by Gasteiger charge is -2.40. The van der Waals surface area contributed by atoms with E-state index >= 15 is 0 Å². The Morgan fingerprint density at radius 3 is 2.73 bits per heavy atom. The Kier molecular flexibility index (Phi) is 5.24. The maximum atomic E-state index is 12.9. The number of para-hydroxylation sites is 1. The van der Waals surface area contributed by atoms with Gasteiger partial charge < -0.3 is 9.80 Å². The lowest BCUT2D eigenvalue weighted by Crippen LogP contribution is -2.49. The van der Waals surface area contributed by atoms with E-state index in [4.69, 9.17) is 0 Å². The molecule has 0 saturated carbocycles. The lowest BCUT2D eigenvalue weighted by molar-refractivity contribution is -0.133. The van der Waals surface area contributed by atoms with E-state index in [-0.39, 0.29) is 11.9 Å². The molecule has 0 unspecified atom stereocenters. The van der Waals surface area contributed by atoms with Crippen molar-refractivity contribution in [1.29, 1.82) is 0 Å². The van der Waals surface area contributed by atoms with E-state index in [0.29, 0.717) is 5.75 Å². The molecule has 134 valence electrons. The predicted octanol–water partition coefficient (Wildman–Crippen LogP) is 3.90. The largest absolute Gasteiger partial charge is 0.332 e. The molecule has 0 bridgehead atoms. The highest BCUT2D eigenvalue weighted by Crippen LogP contribution is 2.31.